The van der Waals surface area contributed by atoms with Crippen LogP contribution in [-0.2, 0) is 9.53 Å². The lowest BCUT2D eigenvalue weighted by Crippen LogP contribution is -2.40. The third kappa shape index (κ3) is 5.02. The second-order valence-electron chi connectivity index (χ2n) is 8.35. The minimum absolute atomic E-state index is 0.206. The van der Waals surface area contributed by atoms with Crippen molar-refractivity contribution in [1.29, 1.82) is 0 Å². The molecule has 0 bridgehead atoms. The first-order chi connectivity index (χ1) is 18.4. The predicted molar refractivity (Wildman–Crippen MR) is 161 cm³/mol. The Morgan fingerprint density at radius 1 is 1.13 bits per heavy atom. The lowest BCUT2D eigenvalue weighted by Gasteiger charge is -2.25. The first-order valence-electron chi connectivity index (χ1n) is 11.8. The smallest absolute Gasteiger partial charge is 0.338 e. The van der Waals surface area contributed by atoms with Gasteiger partial charge in [0.15, 0.2) is 4.80 Å². The number of carbonyl (C=O) groups excluding carboxylic acids is 1. The molecule has 0 saturated carbocycles. The van der Waals surface area contributed by atoms with Crippen molar-refractivity contribution < 1.29 is 14.3 Å². The van der Waals surface area contributed by atoms with E-state index in [4.69, 9.17) is 14.5 Å². The van der Waals surface area contributed by atoms with Crippen LogP contribution in [0.15, 0.2) is 92.6 Å². The highest BCUT2D eigenvalue weighted by Gasteiger charge is 2.35. The molecular formula is C29H22BrIN2O4S. The molecule has 0 radical (unpaired) electrons. The van der Waals surface area contributed by atoms with E-state index < -0.39 is 12.0 Å². The van der Waals surface area contributed by atoms with Gasteiger partial charge in [-0.05, 0) is 53.3 Å². The van der Waals surface area contributed by atoms with Crippen molar-refractivity contribution in [1.82, 2.24) is 4.57 Å². The standard InChI is InChI=1S/C29H22BrIN2O4S/c1-3-37-28(35)23-24(17-10-6-4-7-11-17)32-29-33(25(23)18-12-8-5-9-13-18)27(34)22(38-29)15-19-14-20(30)16-21(31)26(19)36-2/h4-16,25H,3H2,1-2H3/b22-15-/t25-/m0/s1. The van der Waals surface area contributed by atoms with Gasteiger partial charge in [-0.1, -0.05) is 87.9 Å². The molecule has 0 amide bonds. The molecule has 1 atom stereocenters. The number of nitrogens with zero attached hydrogens (tertiary/aromatic N) is 2. The molecule has 5 rings (SSSR count). The molecule has 2 heterocycles. The van der Waals surface area contributed by atoms with Crippen molar-refractivity contribution in [3.63, 3.8) is 0 Å². The molecule has 6 nitrogen and oxygen atoms in total. The summed E-state index contributed by atoms with van der Waals surface area (Å²) in [7, 11) is 1.61. The Labute approximate surface area is 245 Å². The number of benzene rings is 3. The Kier molecular flexibility index (Phi) is 7.96. The molecule has 0 unspecified atom stereocenters. The SMILES string of the molecule is CCOC(=O)C1=C(c2ccccc2)N=c2s/c(=C\c3cc(Br)cc(I)c3OC)c(=O)n2[C@H]1c1ccccc1. The van der Waals surface area contributed by atoms with Gasteiger partial charge in [0, 0.05) is 15.6 Å². The van der Waals surface area contributed by atoms with E-state index in [1.807, 2.05) is 78.9 Å². The summed E-state index contributed by atoms with van der Waals surface area (Å²) in [5, 5.41) is 0. The summed E-state index contributed by atoms with van der Waals surface area (Å²) < 4.78 is 15.0. The summed E-state index contributed by atoms with van der Waals surface area (Å²) in [5.41, 5.74) is 2.92. The summed E-state index contributed by atoms with van der Waals surface area (Å²) in [6, 6.07) is 22.2. The number of hydrogen-bond donors (Lipinski definition) is 0. The van der Waals surface area contributed by atoms with E-state index in [1.165, 1.54) is 11.3 Å². The van der Waals surface area contributed by atoms with Crippen molar-refractivity contribution in [2.75, 3.05) is 13.7 Å². The Balaban J connectivity index is 1.84. The molecule has 0 aliphatic carbocycles. The molecule has 3 aromatic carbocycles. The number of thiazole rings is 1. The topological polar surface area (TPSA) is 69.9 Å². The molecule has 0 N–H and O–H groups in total. The highest BCUT2D eigenvalue weighted by atomic mass is 127. The minimum atomic E-state index is -0.701. The molecule has 0 fully saturated rings. The van der Waals surface area contributed by atoms with E-state index in [9.17, 15) is 9.59 Å². The van der Waals surface area contributed by atoms with Crippen molar-refractivity contribution in [2.24, 2.45) is 4.99 Å². The van der Waals surface area contributed by atoms with Gasteiger partial charge < -0.3 is 9.47 Å². The lowest BCUT2D eigenvalue weighted by molar-refractivity contribution is -0.138. The molecule has 0 spiro atoms. The molecule has 9 heteroatoms. The van der Waals surface area contributed by atoms with Crippen LogP contribution in [0.1, 0.15) is 29.7 Å². The second-order valence-corrected chi connectivity index (χ2v) is 11.4. The molecule has 192 valence electrons. The summed E-state index contributed by atoms with van der Waals surface area (Å²) in [4.78, 5) is 32.8. The average Bonchev–Trinajstić information content (AvgIpc) is 3.23. The van der Waals surface area contributed by atoms with E-state index in [2.05, 4.69) is 38.5 Å². The maximum Gasteiger partial charge on any atom is 0.338 e. The first kappa shape index (κ1) is 26.6. The fraction of sp³-hybridized carbons (Fsp3) is 0.138. The Morgan fingerprint density at radius 3 is 2.47 bits per heavy atom. The summed E-state index contributed by atoms with van der Waals surface area (Å²) in [5.74, 6) is 0.179. The Morgan fingerprint density at radius 2 is 1.82 bits per heavy atom. The van der Waals surface area contributed by atoms with E-state index in [1.54, 1.807) is 18.6 Å². The number of halogens is 2. The van der Waals surface area contributed by atoms with Gasteiger partial charge in [0.2, 0.25) is 0 Å². The number of ether oxygens (including phenoxy) is 2. The quantitative estimate of drug-likeness (QED) is 0.202. The second kappa shape index (κ2) is 11.4. The van der Waals surface area contributed by atoms with E-state index in [0.29, 0.717) is 26.4 Å². The lowest BCUT2D eigenvalue weighted by atomic mass is 9.93. The first-order valence-corrected chi connectivity index (χ1v) is 14.5. The fourth-order valence-electron chi connectivity index (χ4n) is 4.44. The normalized spacial score (nSPS) is 15.2. The monoisotopic (exact) mass is 700 g/mol. The van der Waals surface area contributed by atoms with E-state index in [0.717, 1.165) is 24.7 Å². The van der Waals surface area contributed by atoms with E-state index >= 15 is 0 Å². The number of carbonyl (C=O) groups is 1. The third-order valence-corrected chi connectivity index (χ3v) is 8.26. The van der Waals surface area contributed by atoms with Gasteiger partial charge in [0.25, 0.3) is 5.56 Å². The highest BCUT2D eigenvalue weighted by molar-refractivity contribution is 14.1. The molecule has 1 aliphatic rings. The van der Waals surface area contributed by atoms with Gasteiger partial charge in [-0.2, -0.15) is 0 Å². The van der Waals surface area contributed by atoms with Crippen LogP contribution in [0.25, 0.3) is 11.8 Å². The van der Waals surface area contributed by atoms with Gasteiger partial charge in [-0.15, -0.1) is 0 Å². The highest BCUT2D eigenvalue weighted by Crippen LogP contribution is 2.35. The maximum absolute atomic E-state index is 14.0. The fourth-order valence-corrected chi connectivity index (χ4v) is 7.20. The molecular weight excluding hydrogens is 679 g/mol. The van der Waals surface area contributed by atoms with Crippen LogP contribution in [0.5, 0.6) is 5.75 Å². The van der Waals surface area contributed by atoms with Crippen molar-refractivity contribution >= 4 is 67.6 Å². The zero-order valence-electron chi connectivity index (χ0n) is 20.5. The minimum Gasteiger partial charge on any atom is -0.495 e. The van der Waals surface area contributed by atoms with Crippen LogP contribution in [0.2, 0.25) is 0 Å². The van der Waals surface area contributed by atoms with Gasteiger partial charge in [0.1, 0.15) is 5.75 Å². The molecule has 1 aromatic heterocycles. The van der Waals surface area contributed by atoms with Gasteiger partial charge >= 0.3 is 5.97 Å². The number of hydrogen-bond acceptors (Lipinski definition) is 6. The van der Waals surface area contributed by atoms with Crippen LogP contribution >= 0.6 is 49.9 Å². The molecule has 4 aromatic rings. The van der Waals surface area contributed by atoms with Gasteiger partial charge in [-0.3, -0.25) is 9.36 Å². The van der Waals surface area contributed by atoms with Crippen LogP contribution in [0, 0.1) is 3.57 Å². The maximum atomic E-state index is 14.0. The third-order valence-electron chi connectivity index (χ3n) is 6.02. The summed E-state index contributed by atoms with van der Waals surface area (Å²) in [6.07, 6.45) is 1.81. The summed E-state index contributed by atoms with van der Waals surface area (Å²) >= 11 is 7.03. The Bertz CT molecular complexity index is 1730. The largest absolute Gasteiger partial charge is 0.495 e. The van der Waals surface area contributed by atoms with Crippen molar-refractivity contribution in [3.05, 3.63) is 123 Å². The van der Waals surface area contributed by atoms with Crippen molar-refractivity contribution in [2.45, 2.75) is 13.0 Å². The average molecular weight is 701 g/mol. The summed E-state index contributed by atoms with van der Waals surface area (Å²) in [6.45, 7) is 1.97. The number of aromatic nitrogens is 1. The zero-order valence-corrected chi connectivity index (χ0v) is 25.0. The number of fused-ring (bicyclic) bond motifs is 1. The predicted octanol–water partition coefficient (Wildman–Crippen LogP) is 5.31. The van der Waals surface area contributed by atoms with Crippen LogP contribution in [0.3, 0.4) is 0 Å². The van der Waals surface area contributed by atoms with Gasteiger partial charge in [-0.25, -0.2) is 9.79 Å². The van der Waals surface area contributed by atoms with Crippen molar-refractivity contribution in [3.8, 4) is 5.75 Å². The van der Waals surface area contributed by atoms with Crippen LogP contribution in [0.4, 0.5) is 0 Å². The van der Waals surface area contributed by atoms with E-state index in [-0.39, 0.29) is 12.2 Å². The van der Waals surface area contributed by atoms with Crippen LogP contribution < -0.4 is 19.6 Å². The number of methoxy groups -OCH3 is 1. The van der Waals surface area contributed by atoms with Crippen LogP contribution in [-0.4, -0.2) is 24.3 Å². The number of esters is 1. The number of rotatable bonds is 6. The molecule has 0 saturated heterocycles. The Hall–Kier alpha value is -3.02. The van der Waals surface area contributed by atoms with Gasteiger partial charge in [0.05, 0.1) is 39.1 Å². The molecule has 1 aliphatic heterocycles. The molecule has 38 heavy (non-hydrogen) atoms. The zero-order chi connectivity index (χ0) is 26.8.